The van der Waals surface area contributed by atoms with Gasteiger partial charge in [-0.05, 0) is 17.7 Å². The van der Waals surface area contributed by atoms with Crippen LogP contribution in [0.15, 0.2) is 42.5 Å². The summed E-state index contributed by atoms with van der Waals surface area (Å²) in [6.07, 6.45) is -0.0580. The van der Waals surface area contributed by atoms with E-state index in [0.717, 1.165) is 5.56 Å². The number of halogens is 1. The maximum atomic E-state index is 14.3. The van der Waals surface area contributed by atoms with E-state index in [2.05, 4.69) is 0 Å². The summed E-state index contributed by atoms with van der Waals surface area (Å²) in [5, 5.41) is 8.75. The van der Waals surface area contributed by atoms with Crippen molar-refractivity contribution in [2.24, 2.45) is 0 Å². The molecule has 2 aromatic rings. The number of benzene rings is 2. The molecule has 0 spiro atoms. The highest BCUT2D eigenvalue weighted by Gasteiger charge is 2.15. The molecule has 0 amide bonds. The summed E-state index contributed by atoms with van der Waals surface area (Å²) in [4.78, 5) is 0. The van der Waals surface area contributed by atoms with Gasteiger partial charge in [-0.15, -0.1) is 0 Å². The minimum absolute atomic E-state index is 0.0580. The third kappa shape index (κ3) is 3.07. The van der Waals surface area contributed by atoms with Crippen molar-refractivity contribution in [2.45, 2.75) is 13.0 Å². The lowest BCUT2D eigenvalue weighted by Crippen LogP contribution is -2.01. The second kappa shape index (κ2) is 6.58. The predicted molar refractivity (Wildman–Crippen MR) is 73.0 cm³/mol. The summed E-state index contributed by atoms with van der Waals surface area (Å²) < 4.78 is 24.8. The zero-order chi connectivity index (χ0) is 14.4. The van der Waals surface area contributed by atoms with Gasteiger partial charge in [-0.25, -0.2) is 4.39 Å². The molecule has 0 fully saturated rings. The molecule has 2 rings (SSSR count). The van der Waals surface area contributed by atoms with Crippen molar-refractivity contribution >= 4 is 0 Å². The highest BCUT2D eigenvalue weighted by Crippen LogP contribution is 2.29. The normalized spacial score (nSPS) is 9.85. The average Bonchev–Trinajstić information content (AvgIpc) is 2.49. The Kier molecular flexibility index (Phi) is 4.56. The van der Waals surface area contributed by atoms with Gasteiger partial charge >= 0.3 is 0 Å². The molecule has 3 nitrogen and oxygen atoms in total. The molecular weight excluding hydrogens is 257 g/mol. The third-order valence-corrected chi connectivity index (χ3v) is 2.88. The van der Waals surface area contributed by atoms with E-state index in [4.69, 9.17) is 14.7 Å². The second-order valence-corrected chi connectivity index (χ2v) is 4.17. The number of methoxy groups -OCH3 is 1. The van der Waals surface area contributed by atoms with Crippen LogP contribution in [0.5, 0.6) is 11.5 Å². The van der Waals surface area contributed by atoms with Gasteiger partial charge in [0.05, 0.1) is 19.6 Å². The Bertz CT molecular complexity index is 620. The zero-order valence-electron chi connectivity index (χ0n) is 11.1. The van der Waals surface area contributed by atoms with Crippen molar-refractivity contribution < 1.29 is 13.9 Å². The fraction of sp³-hybridized carbons (Fsp3) is 0.188. The first kappa shape index (κ1) is 13.9. The molecule has 0 aliphatic rings. The minimum Gasteiger partial charge on any atom is -0.496 e. The van der Waals surface area contributed by atoms with Gasteiger partial charge in [-0.1, -0.05) is 30.3 Å². The molecule has 0 atom stereocenters. The Morgan fingerprint density at radius 1 is 1.10 bits per heavy atom. The number of nitrogens with zero attached hydrogens (tertiary/aromatic N) is 1. The van der Waals surface area contributed by atoms with Crippen LogP contribution in [0.1, 0.15) is 11.1 Å². The van der Waals surface area contributed by atoms with E-state index in [1.165, 1.54) is 13.2 Å². The fourth-order valence-electron chi connectivity index (χ4n) is 1.86. The summed E-state index contributed by atoms with van der Waals surface area (Å²) in [5.41, 5.74) is 1.17. The van der Waals surface area contributed by atoms with Crippen LogP contribution in [-0.2, 0) is 13.0 Å². The van der Waals surface area contributed by atoms with E-state index >= 15 is 0 Å². The maximum absolute atomic E-state index is 14.3. The van der Waals surface area contributed by atoms with E-state index in [1.807, 2.05) is 36.4 Å². The molecule has 20 heavy (non-hydrogen) atoms. The van der Waals surface area contributed by atoms with Crippen LogP contribution in [0.3, 0.4) is 0 Å². The van der Waals surface area contributed by atoms with Gasteiger partial charge in [0.1, 0.15) is 12.4 Å². The third-order valence-electron chi connectivity index (χ3n) is 2.88. The predicted octanol–water partition coefficient (Wildman–Crippen LogP) is 3.48. The molecule has 102 valence electrons. The quantitative estimate of drug-likeness (QED) is 0.836. The molecule has 2 aromatic carbocycles. The molecule has 0 aliphatic carbocycles. The Hall–Kier alpha value is -2.54. The number of hydrogen-bond acceptors (Lipinski definition) is 3. The summed E-state index contributed by atoms with van der Waals surface area (Å²) in [6, 6.07) is 14.5. The molecule has 0 N–H and O–H groups in total. The number of hydrogen-bond donors (Lipinski definition) is 0. The van der Waals surface area contributed by atoms with Crippen molar-refractivity contribution in [2.75, 3.05) is 7.11 Å². The van der Waals surface area contributed by atoms with Gasteiger partial charge in [0, 0.05) is 5.56 Å². The van der Waals surface area contributed by atoms with Crippen LogP contribution in [0, 0.1) is 17.1 Å². The minimum atomic E-state index is -0.540. The van der Waals surface area contributed by atoms with Crippen LogP contribution in [0.2, 0.25) is 0 Å². The zero-order valence-corrected chi connectivity index (χ0v) is 11.1. The largest absolute Gasteiger partial charge is 0.496 e. The number of rotatable bonds is 5. The molecule has 0 bridgehead atoms. The first-order valence-corrected chi connectivity index (χ1v) is 6.15. The van der Waals surface area contributed by atoms with E-state index in [0.29, 0.717) is 5.75 Å². The molecule has 0 saturated carbocycles. The Balaban J connectivity index is 2.20. The van der Waals surface area contributed by atoms with E-state index in [1.54, 1.807) is 6.07 Å². The van der Waals surface area contributed by atoms with Gasteiger partial charge in [0.25, 0.3) is 0 Å². The monoisotopic (exact) mass is 271 g/mol. The Morgan fingerprint density at radius 2 is 1.80 bits per heavy atom. The molecule has 0 heterocycles. The van der Waals surface area contributed by atoms with Gasteiger partial charge in [-0.3, -0.25) is 0 Å². The molecule has 0 aromatic heterocycles. The molecule has 4 heteroatoms. The lowest BCUT2D eigenvalue weighted by atomic mass is 10.1. The fourth-order valence-corrected chi connectivity index (χ4v) is 1.86. The van der Waals surface area contributed by atoms with Crippen LogP contribution in [-0.4, -0.2) is 7.11 Å². The Morgan fingerprint density at radius 3 is 2.45 bits per heavy atom. The summed E-state index contributed by atoms with van der Waals surface area (Å²) in [7, 11) is 1.44. The summed E-state index contributed by atoms with van der Waals surface area (Å²) >= 11 is 0. The van der Waals surface area contributed by atoms with Gasteiger partial charge < -0.3 is 9.47 Å². The van der Waals surface area contributed by atoms with Crippen LogP contribution in [0.25, 0.3) is 0 Å². The Labute approximate surface area is 117 Å². The van der Waals surface area contributed by atoms with Crippen molar-refractivity contribution in [1.29, 1.82) is 5.26 Å². The lowest BCUT2D eigenvalue weighted by Gasteiger charge is -2.12. The first-order chi connectivity index (χ1) is 9.76. The number of ether oxygens (including phenoxy) is 2. The van der Waals surface area contributed by atoms with Gasteiger partial charge in [0.2, 0.25) is 0 Å². The highest BCUT2D eigenvalue weighted by atomic mass is 19.1. The maximum Gasteiger partial charge on any atom is 0.173 e. The lowest BCUT2D eigenvalue weighted by molar-refractivity contribution is 0.287. The van der Waals surface area contributed by atoms with Gasteiger partial charge in [-0.2, -0.15) is 5.26 Å². The van der Waals surface area contributed by atoms with E-state index in [9.17, 15) is 4.39 Å². The smallest absolute Gasteiger partial charge is 0.173 e. The van der Waals surface area contributed by atoms with Crippen molar-refractivity contribution in [3.63, 3.8) is 0 Å². The second-order valence-electron chi connectivity index (χ2n) is 4.17. The topological polar surface area (TPSA) is 42.2 Å². The van der Waals surface area contributed by atoms with Crippen LogP contribution < -0.4 is 9.47 Å². The first-order valence-electron chi connectivity index (χ1n) is 6.15. The number of nitriles is 1. The van der Waals surface area contributed by atoms with Crippen molar-refractivity contribution in [3.8, 4) is 17.6 Å². The van der Waals surface area contributed by atoms with Crippen LogP contribution >= 0.6 is 0 Å². The highest BCUT2D eigenvalue weighted by molar-refractivity contribution is 5.43. The van der Waals surface area contributed by atoms with Crippen molar-refractivity contribution in [3.05, 3.63) is 59.4 Å². The molecule has 0 radical (unpaired) electrons. The SMILES string of the molecule is COc1ccc(OCc2ccccc2)c(F)c1CC#N. The molecule has 0 saturated heterocycles. The van der Waals surface area contributed by atoms with E-state index < -0.39 is 5.82 Å². The summed E-state index contributed by atoms with van der Waals surface area (Å²) in [6.45, 7) is 0.274. The molecule has 0 unspecified atom stereocenters. The van der Waals surface area contributed by atoms with Crippen molar-refractivity contribution in [1.82, 2.24) is 0 Å². The average molecular weight is 271 g/mol. The van der Waals surface area contributed by atoms with E-state index in [-0.39, 0.29) is 24.3 Å². The molecular formula is C16H14FNO2. The summed E-state index contributed by atoms with van der Waals surface area (Å²) in [5.74, 6) is -0.0576. The van der Waals surface area contributed by atoms with Gasteiger partial charge in [0.15, 0.2) is 11.6 Å². The standard InChI is InChI=1S/C16H14FNO2/c1-19-14-7-8-15(16(17)13(14)9-10-18)20-11-12-5-3-2-4-6-12/h2-8H,9,11H2,1H3. The van der Waals surface area contributed by atoms with Crippen LogP contribution in [0.4, 0.5) is 4.39 Å². The molecule has 0 aliphatic heterocycles.